The van der Waals surface area contributed by atoms with Crippen LogP contribution in [-0.4, -0.2) is 76.3 Å². The summed E-state index contributed by atoms with van der Waals surface area (Å²) in [5.41, 5.74) is 8.22. The van der Waals surface area contributed by atoms with Crippen LogP contribution < -0.4 is 5.32 Å². The summed E-state index contributed by atoms with van der Waals surface area (Å²) < 4.78 is 19.6. The van der Waals surface area contributed by atoms with Crippen molar-refractivity contribution in [3.05, 3.63) is 46.8 Å². The van der Waals surface area contributed by atoms with Crippen LogP contribution in [0.3, 0.4) is 0 Å². The minimum Gasteiger partial charge on any atom is -0.379 e. The Bertz CT molecular complexity index is 1260. The monoisotopic (exact) mass is 492 g/mol. The van der Waals surface area contributed by atoms with Crippen LogP contribution in [0.25, 0.3) is 22.4 Å². The molecule has 0 saturated carbocycles. The molecule has 3 aliphatic heterocycles. The number of hydrogen-bond donors (Lipinski definition) is 2. The number of carbonyl (C=O) groups is 1. The number of amides is 2. The molecule has 1 aromatic carbocycles. The highest BCUT2D eigenvalue weighted by molar-refractivity contribution is 5.78. The number of aromatic nitrogens is 3. The van der Waals surface area contributed by atoms with Gasteiger partial charge in [0.1, 0.15) is 11.7 Å². The second-order valence-electron chi connectivity index (χ2n) is 10.2. The molecular weight excluding hydrogens is 459 g/mol. The van der Waals surface area contributed by atoms with Gasteiger partial charge in [-0.05, 0) is 73.5 Å². The topological polar surface area (TPSA) is 86.4 Å². The van der Waals surface area contributed by atoms with E-state index in [-0.39, 0.29) is 12.1 Å². The largest absolute Gasteiger partial charge is 0.379 e. The van der Waals surface area contributed by atoms with Crippen LogP contribution in [0.1, 0.15) is 47.6 Å². The first-order valence-electron chi connectivity index (χ1n) is 13.0. The lowest BCUT2D eigenvalue weighted by molar-refractivity contribution is 0.117. The van der Waals surface area contributed by atoms with E-state index in [2.05, 4.69) is 27.4 Å². The van der Waals surface area contributed by atoms with Crippen LogP contribution in [0.2, 0.25) is 0 Å². The molecule has 0 aliphatic carbocycles. The number of likely N-dealkylation sites (tertiary alicyclic amines) is 1. The molecule has 3 aromatic rings. The number of urea groups is 1. The second kappa shape index (κ2) is 9.78. The minimum absolute atomic E-state index is 0.0203. The molecule has 0 bridgehead atoms. The van der Waals surface area contributed by atoms with Crippen molar-refractivity contribution in [1.82, 2.24) is 30.1 Å². The third-order valence-electron chi connectivity index (χ3n) is 7.73. The summed E-state index contributed by atoms with van der Waals surface area (Å²) in [6, 6.07) is 4.48. The Morgan fingerprint density at radius 2 is 2.06 bits per heavy atom. The first-order valence-corrected chi connectivity index (χ1v) is 13.0. The van der Waals surface area contributed by atoms with Gasteiger partial charge < -0.3 is 24.8 Å². The van der Waals surface area contributed by atoms with Gasteiger partial charge in [0.05, 0.1) is 24.5 Å². The predicted octanol–water partition coefficient (Wildman–Crippen LogP) is 3.90. The van der Waals surface area contributed by atoms with Crippen molar-refractivity contribution < 1.29 is 13.9 Å². The Morgan fingerprint density at radius 3 is 2.92 bits per heavy atom. The van der Waals surface area contributed by atoms with Gasteiger partial charge in [0.25, 0.3) is 0 Å². The lowest BCUT2D eigenvalue weighted by Gasteiger charge is -2.37. The molecule has 2 N–H and O–H groups in total. The molecule has 190 valence electrons. The summed E-state index contributed by atoms with van der Waals surface area (Å²) in [6.07, 6.45) is 5.57. The predicted molar refractivity (Wildman–Crippen MR) is 135 cm³/mol. The first-order chi connectivity index (χ1) is 17.6. The molecule has 9 heteroatoms. The minimum atomic E-state index is -0.792. The van der Waals surface area contributed by atoms with E-state index < -0.39 is 6.17 Å². The van der Waals surface area contributed by atoms with Gasteiger partial charge in [0, 0.05) is 44.5 Å². The highest BCUT2D eigenvalue weighted by Crippen LogP contribution is 2.34. The van der Waals surface area contributed by atoms with E-state index in [4.69, 9.17) is 9.72 Å². The molecule has 2 aromatic heterocycles. The van der Waals surface area contributed by atoms with Crippen molar-refractivity contribution in [2.24, 2.45) is 0 Å². The van der Waals surface area contributed by atoms with Crippen LogP contribution in [0, 0.1) is 6.92 Å². The van der Waals surface area contributed by atoms with Gasteiger partial charge in [-0.1, -0.05) is 0 Å². The quantitative estimate of drug-likeness (QED) is 0.567. The van der Waals surface area contributed by atoms with Crippen molar-refractivity contribution in [2.75, 3.05) is 39.4 Å². The Labute approximate surface area is 210 Å². The molecular formula is C27H33FN6O2. The van der Waals surface area contributed by atoms with Gasteiger partial charge >= 0.3 is 6.03 Å². The first kappa shape index (κ1) is 23.4. The summed E-state index contributed by atoms with van der Waals surface area (Å²) in [5, 5.41) is 3.65. The van der Waals surface area contributed by atoms with E-state index in [0.29, 0.717) is 45.6 Å². The molecule has 8 nitrogen and oxygen atoms in total. The summed E-state index contributed by atoms with van der Waals surface area (Å²) in [5.74, 6) is 0. The summed E-state index contributed by atoms with van der Waals surface area (Å²) in [6.45, 7) is 6.45. The number of alkyl halides is 1. The third kappa shape index (κ3) is 4.46. The van der Waals surface area contributed by atoms with Gasteiger partial charge in [0.2, 0.25) is 0 Å². The zero-order chi connectivity index (χ0) is 24.6. The molecule has 3 aliphatic rings. The van der Waals surface area contributed by atoms with Gasteiger partial charge in [0.15, 0.2) is 5.65 Å². The van der Waals surface area contributed by atoms with Crippen LogP contribution in [0.4, 0.5) is 9.18 Å². The average molecular weight is 493 g/mol. The lowest BCUT2D eigenvalue weighted by Crippen LogP contribution is -2.48. The number of carbonyl (C=O) groups excluding carboxylic acids is 1. The van der Waals surface area contributed by atoms with Gasteiger partial charge in [-0.25, -0.2) is 19.2 Å². The second-order valence-corrected chi connectivity index (χ2v) is 10.2. The molecule has 0 radical (unpaired) electrons. The lowest BCUT2D eigenvalue weighted by atomic mass is 9.88. The fraction of sp³-hybridized carbons (Fsp3) is 0.519. The number of fused-ring (bicyclic) bond motifs is 2. The molecule has 2 saturated heterocycles. The van der Waals surface area contributed by atoms with Crippen molar-refractivity contribution >= 4 is 17.2 Å². The Hall–Kier alpha value is -3.04. The summed E-state index contributed by atoms with van der Waals surface area (Å²) in [7, 11) is 0. The number of piperidine rings is 1. The maximum absolute atomic E-state index is 13.6. The Morgan fingerprint density at radius 1 is 1.19 bits per heavy atom. The number of hydrogen-bond acceptors (Lipinski definition) is 5. The third-order valence-corrected chi connectivity index (χ3v) is 7.73. The average Bonchev–Trinajstić information content (AvgIpc) is 3.09. The summed E-state index contributed by atoms with van der Waals surface area (Å²) in [4.78, 5) is 29.7. The zero-order valence-corrected chi connectivity index (χ0v) is 20.7. The fourth-order valence-electron chi connectivity index (χ4n) is 5.62. The number of aromatic amines is 1. The van der Waals surface area contributed by atoms with Crippen molar-refractivity contribution in [2.45, 2.75) is 51.4 Å². The van der Waals surface area contributed by atoms with E-state index in [9.17, 15) is 9.18 Å². The van der Waals surface area contributed by atoms with E-state index >= 15 is 0 Å². The van der Waals surface area contributed by atoms with Gasteiger partial charge in [-0.2, -0.15) is 0 Å². The van der Waals surface area contributed by atoms with Crippen LogP contribution in [0.15, 0.2) is 24.5 Å². The molecule has 6 rings (SSSR count). The highest BCUT2D eigenvalue weighted by Gasteiger charge is 2.31. The maximum atomic E-state index is 13.6. The van der Waals surface area contributed by atoms with Crippen LogP contribution in [0.5, 0.6) is 0 Å². The van der Waals surface area contributed by atoms with Crippen molar-refractivity contribution in [3.63, 3.8) is 0 Å². The fourth-order valence-corrected chi connectivity index (χ4v) is 5.62. The van der Waals surface area contributed by atoms with Crippen LogP contribution >= 0.6 is 0 Å². The number of H-pyrrole nitrogens is 1. The Balaban J connectivity index is 1.36. The number of halogens is 1. The number of ether oxygens (including phenoxy) is 1. The molecule has 2 amide bonds. The number of benzene rings is 1. The number of aryl methyl sites for hydroxylation is 1. The van der Waals surface area contributed by atoms with Gasteiger partial charge in [-0.15, -0.1) is 0 Å². The summed E-state index contributed by atoms with van der Waals surface area (Å²) >= 11 is 0. The molecule has 5 heterocycles. The normalized spacial score (nSPS) is 21.4. The van der Waals surface area contributed by atoms with Gasteiger partial charge in [-0.3, -0.25) is 0 Å². The van der Waals surface area contributed by atoms with Crippen molar-refractivity contribution in [3.8, 4) is 11.3 Å². The molecule has 1 atom stereocenters. The van der Waals surface area contributed by atoms with E-state index in [1.807, 2.05) is 29.1 Å². The zero-order valence-electron chi connectivity index (χ0n) is 20.7. The Kier molecular flexibility index (Phi) is 6.35. The molecule has 0 spiro atoms. The van der Waals surface area contributed by atoms with E-state index in [1.165, 1.54) is 11.1 Å². The van der Waals surface area contributed by atoms with Crippen LogP contribution in [-0.2, 0) is 17.7 Å². The standard InChI is InChI=1S/C27H33FN6O2/c1-17-13-30-26-25(17)32-23(14-31-26)19-11-18-3-7-34(27(35)33-8-4-20(28)5-9-33)15-22(18)21(12-19)24-16-36-10-2-6-29-24/h11-14,20,24,29H,2-10,15-16H2,1H3,(H,30,31). The van der Waals surface area contributed by atoms with E-state index in [1.54, 1.807) is 0 Å². The SMILES string of the molecule is Cc1c[nH]c2ncc(-c3cc4c(c(C5COCCCN5)c3)CN(C(=O)N3CCC(F)CC3)CC4)nc12. The van der Waals surface area contributed by atoms with E-state index in [0.717, 1.165) is 59.5 Å². The van der Waals surface area contributed by atoms with Crippen molar-refractivity contribution in [1.29, 1.82) is 0 Å². The number of rotatable bonds is 2. The molecule has 2 fully saturated rings. The molecule has 1 unspecified atom stereocenters. The number of nitrogens with zero attached hydrogens (tertiary/aromatic N) is 4. The highest BCUT2D eigenvalue weighted by atomic mass is 19.1. The number of nitrogens with one attached hydrogen (secondary N) is 2. The maximum Gasteiger partial charge on any atom is 0.320 e. The smallest absolute Gasteiger partial charge is 0.320 e. The molecule has 36 heavy (non-hydrogen) atoms.